The highest BCUT2D eigenvalue weighted by atomic mass is 79.9. The number of carbonyl (C=O) groups excluding carboxylic acids is 1. The first-order valence-corrected chi connectivity index (χ1v) is 7.97. The Labute approximate surface area is 148 Å². The van der Waals surface area contributed by atoms with E-state index in [1.54, 1.807) is 36.4 Å². The molecule has 0 radical (unpaired) electrons. The number of aromatic hydroxyl groups is 1. The molecule has 2 rings (SSSR count). The Morgan fingerprint density at radius 3 is 2.79 bits per heavy atom. The van der Waals surface area contributed by atoms with Gasteiger partial charge in [-0.15, -0.1) is 0 Å². The number of rotatable bonds is 6. The normalized spacial score (nSPS) is 10.6. The molecule has 0 saturated carbocycles. The zero-order chi connectivity index (χ0) is 17.5. The van der Waals surface area contributed by atoms with E-state index in [9.17, 15) is 9.90 Å². The number of amides is 1. The van der Waals surface area contributed by atoms with Crippen molar-refractivity contribution < 1.29 is 19.4 Å². The first-order valence-electron chi connectivity index (χ1n) is 7.18. The fraction of sp³-hybridized carbons (Fsp3) is 0.176. The molecule has 0 bridgehead atoms. The van der Waals surface area contributed by atoms with E-state index in [0.29, 0.717) is 33.7 Å². The van der Waals surface area contributed by atoms with Gasteiger partial charge >= 0.3 is 0 Å². The van der Waals surface area contributed by atoms with Crippen molar-refractivity contribution in [3.63, 3.8) is 0 Å². The van der Waals surface area contributed by atoms with Crippen LogP contribution in [0.15, 0.2) is 46.0 Å². The van der Waals surface area contributed by atoms with Crippen molar-refractivity contribution >= 4 is 28.1 Å². The minimum Gasteiger partial charge on any atom is -0.504 e. The average Bonchev–Trinajstić information content (AvgIpc) is 2.58. The first-order chi connectivity index (χ1) is 11.6. The van der Waals surface area contributed by atoms with Crippen molar-refractivity contribution in [1.29, 1.82) is 0 Å². The van der Waals surface area contributed by atoms with Gasteiger partial charge in [0.25, 0.3) is 5.91 Å². The summed E-state index contributed by atoms with van der Waals surface area (Å²) in [7, 11) is 1.45. The number of phenols is 1. The van der Waals surface area contributed by atoms with E-state index >= 15 is 0 Å². The lowest BCUT2D eigenvalue weighted by Gasteiger charge is -2.08. The quantitative estimate of drug-likeness (QED) is 0.583. The minimum absolute atomic E-state index is 0.0617. The first kappa shape index (κ1) is 17.8. The van der Waals surface area contributed by atoms with Crippen LogP contribution in [-0.2, 0) is 0 Å². The van der Waals surface area contributed by atoms with Crippen molar-refractivity contribution in [2.75, 3.05) is 13.7 Å². The third kappa shape index (κ3) is 4.26. The molecule has 0 unspecified atom stereocenters. The van der Waals surface area contributed by atoms with Crippen LogP contribution < -0.4 is 14.9 Å². The van der Waals surface area contributed by atoms with Crippen molar-refractivity contribution in [2.24, 2.45) is 5.10 Å². The number of para-hydroxylation sites is 1. The molecule has 24 heavy (non-hydrogen) atoms. The monoisotopic (exact) mass is 392 g/mol. The summed E-state index contributed by atoms with van der Waals surface area (Å²) in [4.78, 5) is 12.2. The number of phenolic OH excluding ortho intramolecular Hbond substituents is 1. The standard InChI is InChI=1S/C17H17BrN2O4/c1-3-24-14-7-5-4-6-13(14)17(22)20-19-10-11-8-12(18)9-15(23-2)16(11)21/h4-10,21H,3H2,1-2H3,(H,20,22). The second-order valence-electron chi connectivity index (χ2n) is 4.67. The van der Waals surface area contributed by atoms with Crippen molar-refractivity contribution in [3.8, 4) is 17.2 Å². The average molecular weight is 393 g/mol. The molecule has 126 valence electrons. The van der Waals surface area contributed by atoms with E-state index < -0.39 is 5.91 Å². The molecule has 0 fully saturated rings. The Bertz CT molecular complexity index is 762. The number of hydrogen-bond acceptors (Lipinski definition) is 5. The summed E-state index contributed by atoms with van der Waals surface area (Å²) in [6.07, 6.45) is 1.34. The number of halogens is 1. The Kier molecular flexibility index (Phi) is 6.20. The summed E-state index contributed by atoms with van der Waals surface area (Å²) in [5, 5.41) is 13.9. The molecule has 0 saturated heterocycles. The van der Waals surface area contributed by atoms with Gasteiger partial charge in [0.2, 0.25) is 0 Å². The highest BCUT2D eigenvalue weighted by Crippen LogP contribution is 2.32. The molecule has 6 nitrogen and oxygen atoms in total. The predicted molar refractivity (Wildman–Crippen MR) is 95.0 cm³/mol. The lowest BCUT2D eigenvalue weighted by molar-refractivity contribution is 0.0951. The number of carbonyl (C=O) groups is 1. The third-order valence-corrected chi connectivity index (χ3v) is 3.55. The largest absolute Gasteiger partial charge is 0.504 e. The van der Waals surface area contributed by atoms with Crippen molar-refractivity contribution in [3.05, 3.63) is 52.0 Å². The van der Waals surface area contributed by atoms with E-state index in [-0.39, 0.29) is 5.75 Å². The summed E-state index contributed by atoms with van der Waals surface area (Å²) in [5.74, 6) is 0.323. The summed E-state index contributed by atoms with van der Waals surface area (Å²) in [5.41, 5.74) is 3.20. The third-order valence-electron chi connectivity index (χ3n) is 3.09. The highest BCUT2D eigenvalue weighted by molar-refractivity contribution is 9.10. The van der Waals surface area contributed by atoms with Crippen LogP contribution in [0.3, 0.4) is 0 Å². The number of nitrogens with one attached hydrogen (secondary N) is 1. The highest BCUT2D eigenvalue weighted by Gasteiger charge is 2.11. The summed E-state index contributed by atoms with van der Waals surface area (Å²) >= 11 is 3.32. The Morgan fingerprint density at radius 2 is 2.08 bits per heavy atom. The summed E-state index contributed by atoms with van der Waals surface area (Å²) < 4.78 is 11.2. The van der Waals surface area contributed by atoms with Crippen molar-refractivity contribution in [2.45, 2.75) is 6.92 Å². The number of nitrogens with zero attached hydrogens (tertiary/aromatic N) is 1. The van der Waals surface area contributed by atoms with E-state index in [4.69, 9.17) is 9.47 Å². The van der Waals surface area contributed by atoms with Gasteiger partial charge in [-0.1, -0.05) is 28.1 Å². The van der Waals surface area contributed by atoms with Crippen LogP contribution in [0.5, 0.6) is 17.2 Å². The number of hydrogen-bond donors (Lipinski definition) is 2. The Balaban J connectivity index is 2.15. The summed E-state index contributed by atoms with van der Waals surface area (Å²) in [6, 6.07) is 10.2. The molecular formula is C17H17BrN2O4. The van der Waals surface area contributed by atoms with Gasteiger partial charge in [-0.2, -0.15) is 5.10 Å². The number of benzene rings is 2. The SMILES string of the molecule is CCOc1ccccc1C(=O)NN=Cc1cc(Br)cc(OC)c1O. The molecule has 2 aromatic rings. The molecule has 1 amide bonds. The molecule has 0 atom stereocenters. The van der Waals surface area contributed by atoms with E-state index in [1.165, 1.54) is 13.3 Å². The molecule has 0 aliphatic carbocycles. The molecule has 0 aliphatic heterocycles. The topological polar surface area (TPSA) is 80.2 Å². The van der Waals surface area contributed by atoms with Gasteiger partial charge in [0.15, 0.2) is 11.5 Å². The molecular weight excluding hydrogens is 376 g/mol. The van der Waals surface area contributed by atoms with Gasteiger partial charge in [-0.05, 0) is 31.2 Å². The van der Waals surface area contributed by atoms with E-state index in [0.717, 1.165) is 0 Å². The van der Waals surface area contributed by atoms with Gasteiger partial charge < -0.3 is 14.6 Å². The van der Waals surface area contributed by atoms with Crippen LogP contribution in [0.25, 0.3) is 0 Å². The minimum atomic E-state index is -0.406. The van der Waals surface area contributed by atoms with Gasteiger partial charge in [0.05, 0.1) is 25.5 Å². The molecule has 0 spiro atoms. The van der Waals surface area contributed by atoms with Crippen LogP contribution in [0.1, 0.15) is 22.8 Å². The summed E-state index contributed by atoms with van der Waals surface area (Å²) in [6.45, 7) is 2.30. The lowest BCUT2D eigenvalue weighted by atomic mass is 10.2. The van der Waals surface area contributed by atoms with Crippen LogP contribution in [0.2, 0.25) is 0 Å². The molecule has 2 N–H and O–H groups in total. The maximum atomic E-state index is 12.2. The molecule has 0 aromatic heterocycles. The van der Waals surface area contributed by atoms with Crippen molar-refractivity contribution in [1.82, 2.24) is 5.43 Å². The molecule has 0 heterocycles. The second-order valence-corrected chi connectivity index (χ2v) is 5.59. The number of methoxy groups -OCH3 is 1. The predicted octanol–water partition coefficient (Wildman–Crippen LogP) is 3.33. The molecule has 0 aliphatic rings. The van der Waals surface area contributed by atoms with Crippen LogP contribution in [-0.4, -0.2) is 30.9 Å². The van der Waals surface area contributed by atoms with Crippen LogP contribution >= 0.6 is 15.9 Å². The number of ether oxygens (including phenoxy) is 2. The fourth-order valence-electron chi connectivity index (χ4n) is 2.00. The fourth-order valence-corrected chi connectivity index (χ4v) is 2.46. The Morgan fingerprint density at radius 1 is 1.33 bits per heavy atom. The molecule has 7 heteroatoms. The van der Waals surface area contributed by atoms with Gasteiger partial charge in [-0.25, -0.2) is 5.43 Å². The van der Waals surface area contributed by atoms with E-state index in [1.807, 2.05) is 6.92 Å². The second kappa shape index (κ2) is 8.35. The van der Waals surface area contributed by atoms with Gasteiger partial charge in [0.1, 0.15) is 5.75 Å². The molecule has 2 aromatic carbocycles. The van der Waals surface area contributed by atoms with Crippen LogP contribution in [0, 0.1) is 0 Å². The van der Waals surface area contributed by atoms with Crippen LogP contribution in [0.4, 0.5) is 0 Å². The maximum Gasteiger partial charge on any atom is 0.275 e. The lowest BCUT2D eigenvalue weighted by Crippen LogP contribution is -2.18. The van der Waals surface area contributed by atoms with E-state index in [2.05, 4.69) is 26.5 Å². The Hall–Kier alpha value is -2.54. The zero-order valence-electron chi connectivity index (χ0n) is 13.2. The van der Waals surface area contributed by atoms with Gasteiger partial charge in [0, 0.05) is 10.0 Å². The van der Waals surface area contributed by atoms with Gasteiger partial charge in [-0.3, -0.25) is 4.79 Å². The smallest absolute Gasteiger partial charge is 0.275 e. The maximum absolute atomic E-state index is 12.2. The number of hydrazone groups is 1. The zero-order valence-corrected chi connectivity index (χ0v) is 14.8.